The van der Waals surface area contributed by atoms with Crippen LogP contribution in [0.15, 0.2) is 18.3 Å². The van der Waals surface area contributed by atoms with Gasteiger partial charge in [0.05, 0.1) is 5.92 Å². The van der Waals surface area contributed by atoms with Crippen molar-refractivity contribution in [2.45, 2.75) is 19.8 Å². The van der Waals surface area contributed by atoms with Gasteiger partial charge < -0.3 is 5.11 Å². The van der Waals surface area contributed by atoms with E-state index in [0.717, 1.165) is 5.56 Å². The number of aliphatic carboxylic acids is 1. The van der Waals surface area contributed by atoms with E-state index in [1.54, 1.807) is 18.3 Å². The maximum absolute atomic E-state index is 10.8. The third kappa shape index (κ3) is 3.00. The van der Waals surface area contributed by atoms with Gasteiger partial charge in [-0.2, -0.15) is 0 Å². The predicted molar refractivity (Wildman–Crippen MR) is 54.4 cm³/mol. The van der Waals surface area contributed by atoms with Crippen LogP contribution in [0.1, 0.15) is 18.9 Å². The highest BCUT2D eigenvalue weighted by Gasteiger charge is 2.15. The third-order valence-corrected chi connectivity index (χ3v) is 2.34. The quantitative estimate of drug-likeness (QED) is 0.782. The molecule has 0 aliphatic carbocycles. The highest BCUT2D eigenvalue weighted by atomic mass is 35.5. The molecular formula is C10H12ClNO2. The van der Waals surface area contributed by atoms with E-state index >= 15 is 0 Å². The summed E-state index contributed by atoms with van der Waals surface area (Å²) in [5.74, 6) is -1.10. The molecule has 4 heteroatoms. The number of rotatable bonds is 4. The van der Waals surface area contributed by atoms with Crippen LogP contribution in [0.2, 0.25) is 5.15 Å². The van der Waals surface area contributed by atoms with Crippen molar-refractivity contribution in [1.29, 1.82) is 0 Å². The molecule has 0 saturated heterocycles. The zero-order valence-corrected chi connectivity index (χ0v) is 8.66. The molecule has 0 aliphatic heterocycles. The Labute approximate surface area is 87.7 Å². The highest BCUT2D eigenvalue weighted by Crippen LogP contribution is 2.13. The van der Waals surface area contributed by atoms with E-state index in [-0.39, 0.29) is 5.92 Å². The van der Waals surface area contributed by atoms with Crippen LogP contribution in [-0.4, -0.2) is 16.1 Å². The summed E-state index contributed by atoms with van der Waals surface area (Å²) in [7, 11) is 0. The van der Waals surface area contributed by atoms with Gasteiger partial charge in [-0.05, 0) is 24.5 Å². The zero-order valence-electron chi connectivity index (χ0n) is 7.90. The monoisotopic (exact) mass is 213 g/mol. The predicted octanol–water partition coefficient (Wildman–Crippen LogP) is 2.39. The number of hydrogen-bond donors (Lipinski definition) is 1. The Hall–Kier alpha value is -1.09. The number of carbonyl (C=O) groups is 1. The lowest BCUT2D eigenvalue weighted by Crippen LogP contribution is -2.15. The van der Waals surface area contributed by atoms with Gasteiger partial charge in [0, 0.05) is 6.20 Å². The summed E-state index contributed by atoms with van der Waals surface area (Å²) >= 11 is 5.62. The van der Waals surface area contributed by atoms with E-state index in [4.69, 9.17) is 16.7 Å². The van der Waals surface area contributed by atoms with Gasteiger partial charge in [0.2, 0.25) is 0 Å². The van der Waals surface area contributed by atoms with Crippen molar-refractivity contribution in [2.75, 3.05) is 0 Å². The van der Waals surface area contributed by atoms with E-state index in [0.29, 0.717) is 18.0 Å². The average Bonchev–Trinajstić information content (AvgIpc) is 2.16. The number of halogens is 1. The first-order chi connectivity index (χ1) is 6.63. The van der Waals surface area contributed by atoms with Crippen molar-refractivity contribution in [3.63, 3.8) is 0 Å². The molecule has 3 nitrogen and oxygen atoms in total. The lowest BCUT2D eigenvalue weighted by atomic mass is 9.98. The summed E-state index contributed by atoms with van der Waals surface area (Å²) in [6, 6.07) is 3.48. The van der Waals surface area contributed by atoms with Crippen molar-refractivity contribution in [3.8, 4) is 0 Å². The van der Waals surface area contributed by atoms with Crippen LogP contribution in [0.4, 0.5) is 0 Å². The Morgan fingerprint density at radius 1 is 1.64 bits per heavy atom. The third-order valence-electron chi connectivity index (χ3n) is 2.11. The summed E-state index contributed by atoms with van der Waals surface area (Å²) < 4.78 is 0. The fourth-order valence-electron chi connectivity index (χ4n) is 1.22. The molecule has 14 heavy (non-hydrogen) atoms. The van der Waals surface area contributed by atoms with Gasteiger partial charge in [-0.25, -0.2) is 4.98 Å². The Bertz CT molecular complexity index is 310. The molecule has 76 valence electrons. The Morgan fingerprint density at radius 3 is 2.79 bits per heavy atom. The van der Waals surface area contributed by atoms with Crippen LogP contribution in [-0.2, 0) is 11.2 Å². The van der Waals surface area contributed by atoms with Crippen LogP contribution >= 0.6 is 11.6 Å². The van der Waals surface area contributed by atoms with Crippen LogP contribution in [0.5, 0.6) is 0 Å². The number of hydrogen-bond acceptors (Lipinski definition) is 2. The molecule has 1 N–H and O–H groups in total. The summed E-state index contributed by atoms with van der Waals surface area (Å²) in [6.45, 7) is 1.86. The SMILES string of the molecule is CCC(Cc1ccc(Cl)nc1)C(=O)O. The minimum Gasteiger partial charge on any atom is -0.481 e. The number of nitrogens with zero attached hydrogens (tertiary/aromatic N) is 1. The second-order valence-electron chi connectivity index (χ2n) is 3.14. The average molecular weight is 214 g/mol. The number of carboxylic acids is 1. The molecule has 1 aromatic heterocycles. The standard InChI is InChI=1S/C10H12ClNO2/c1-2-8(10(13)14)5-7-3-4-9(11)12-6-7/h3-4,6,8H,2,5H2,1H3,(H,13,14). The normalized spacial score (nSPS) is 12.4. The molecule has 1 atom stereocenters. The first kappa shape index (κ1) is 11.0. The molecular weight excluding hydrogens is 202 g/mol. The van der Waals surface area contributed by atoms with Crippen LogP contribution < -0.4 is 0 Å². The van der Waals surface area contributed by atoms with E-state index in [9.17, 15) is 4.79 Å². The fraction of sp³-hybridized carbons (Fsp3) is 0.400. The lowest BCUT2D eigenvalue weighted by Gasteiger charge is -2.08. The van der Waals surface area contributed by atoms with Gasteiger partial charge in [0.25, 0.3) is 0 Å². The molecule has 0 radical (unpaired) electrons. The zero-order chi connectivity index (χ0) is 10.6. The summed E-state index contributed by atoms with van der Waals surface area (Å²) in [6.07, 6.45) is 2.75. The maximum Gasteiger partial charge on any atom is 0.306 e. The fourth-order valence-corrected chi connectivity index (χ4v) is 1.33. The Balaban J connectivity index is 2.67. The van der Waals surface area contributed by atoms with Crippen LogP contribution in [0.3, 0.4) is 0 Å². The van der Waals surface area contributed by atoms with E-state index in [1.165, 1.54) is 0 Å². The van der Waals surface area contributed by atoms with Gasteiger partial charge in [0.1, 0.15) is 5.15 Å². The van der Waals surface area contributed by atoms with E-state index in [1.807, 2.05) is 6.92 Å². The summed E-state index contributed by atoms with van der Waals surface area (Å²) in [5.41, 5.74) is 0.906. The minimum absolute atomic E-state index is 0.335. The first-order valence-electron chi connectivity index (χ1n) is 4.46. The van der Waals surface area contributed by atoms with Crippen molar-refractivity contribution in [1.82, 2.24) is 4.98 Å². The highest BCUT2D eigenvalue weighted by molar-refractivity contribution is 6.29. The van der Waals surface area contributed by atoms with Crippen molar-refractivity contribution in [2.24, 2.45) is 5.92 Å². The second kappa shape index (κ2) is 4.96. The van der Waals surface area contributed by atoms with Crippen molar-refractivity contribution < 1.29 is 9.90 Å². The number of carboxylic acid groups (broad SMARTS) is 1. The largest absolute Gasteiger partial charge is 0.481 e. The van der Waals surface area contributed by atoms with Crippen molar-refractivity contribution in [3.05, 3.63) is 29.0 Å². The topological polar surface area (TPSA) is 50.2 Å². The lowest BCUT2D eigenvalue weighted by molar-refractivity contribution is -0.141. The molecule has 0 saturated carbocycles. The molecule has 0 spiro atoms. The Kier molecular flexibility index (Phi) is 3.89. The summed E-state index contributed by atoms with van der Waals surface area (Å²) in [5, 5.41) is 9.27. The van der Waals surface area contributed by atoms with Crippen LogP contribution in [0, 0.1) is 5.92 Å². The summed E-state index contributed by atoms with van der Waals surface area (Å²) in [4.78, 5) is 14.7. The molecule has 1 heterocycles. The maximum atomic E-state index is 10.8. The molecule has 0 aliphatic rings. The van der Waals surface area contributed by atoms with Crippen LogP contribution in [0.25, 0.3) is 0 Å². The smallest absolute Gasteiger partial charge is 0.306 e. The van der Waals surface area contributed by atoms with Gasteiger partial charge in [-0.3, -0.25) is 4.79 Å². The minimum atomic E-state index is -0.762. The van der Waals surface area contributed by atoms with Gasteiger partial charge in [-0.1, -0.05) is 24.6 Å². The first-order valence-corrected chi connectivity index (χ1v) is 4.84. The molecule has 0 aromatic carbocycles. The number of pyridine rings is 1. The molecule has 0 bridgehead atoms. The van der Waals surface area contributed by atoms with E-state index in [2.05, 4.69) is 4.98 Å². The molecule has 1 aromatic rings. The molecule has 1 rings (SSSR count). The van der Waals surface area contributed by atoms with Gasteiger partial charge in [0.15, 0.2) is 0 Å². The van der Waals surface area contributed by atoms with Gasteiger partial charge >= 0.3 is 5.97 Å². The van der Waals surface area contributed by atoms with Crippen molar-refractivity contribution >= 4 is 17.6 Å². The van der Waals surface area contributed by atoms with Gasteiger partial charge in [-0.15, -0.1) is 0 Å². The van der Waals surface area contributed by atoms with E-state index < -0.39 is 5.97 Å². The molecule has 1 unspecified atom stereocenters. The molecule has 0 fully saturated rings. The Morgan fingerprint density at radius 2 is 2.36 bits per heavy atom. The molecule has 0 amide bonds. The second-order valence-corrected chi connectivity index (χ2v) is 3.52. The number of aromatic nitrogens is 1.